The number of allylic oxidation sites excluding steroid dienone is 2. The average molecular weight is 389 g/mol. The molecule has 2 aromatic carbocycles. The van der Waals surface area contributed by atoms with Crippen LogP contribution in [0.2, 0.25) is 0 Å². The molecular formula is C22H19N3O4. The number of nitrogens with one attached hydrogen (secondary N) is 1. The Morgan fingerprint density at radius 1 is 1.00 bits per heavy atom. The summed E-state index contributed by atoms with van der Waals surface area (Å²) >= 11 is 0. The van der Waals surface area contributed by atoms with Gasteiger partial charge in [0.05, 0.1) is 22.4 Å². The molecular weight excluding hydrogens is 370 g/mol. The number of aryl methyl sites for hydroxylation is 1. The number of hydrogen-bond acceptors (Lipinski definition) is 5. The number of carbonyl (C=O) groups excluding carboxylic acids is 2. The van der Waals surface area contributed by atoms with Crippen molar-refractivity contribution >= 4 is 34.6 Å². The summed E-state index contributed by atoms with van der Waals surface area (Å²) in [6, 6.07) is 11.9. The van der Waals surface area contributed by atoms with Crippen molar-refractivity contribution in [3.8, 4) is 0 Å². The molecule has 3 aliphatic rings. The van der Waals surface area contributed by atoms with Crippen molar-refractivity contribution in [2.24, 2.45) is 23.7 Å². The first-order valence-corrected chi connectivity index (χ1v) is 9.62. The lowest BCUT2D eigenvalue weighted by Gasteiger charge is -2.18. The van der Waals surface area contributed by atoms with E-state index in [0.29, 0.717) is 5.69 Å². The Bertz CT molecular complexity index is 1050. The summed E-state index contributed by atoms with van der Waals surface area (Å²) in [5, 5.41) is 14.7. The van der Waals surface area contributed by atoms with Gasteiger partial charge in [0.15, 0.2) is 0 Å². The van der Waals surface area contributed by atoms with Crippen LogP contribution in [0.25, 0.3) is 0 Å². The highest BCUT2D eigenvalue weighted by Crippen LogP contribution is 2.53. The van der Waals surface area contributed by atoms with E-state index in [0.717, 1.165) is 22.6 Å². The molecule has 0 unspecified atom stereocenters. The fourth-order valence-corrected chi connectivity index (χ4v) is 4.87. The third-order valence-electron chi connectivity index (χ3n) is 6.24. The van der Waals surface area contributed by atoms with Gasteiger partial charge in [-0.15, -0.1) is 0 Å². The van der Waals surface area contributed by atoms with E-state index in [9.17, 15) is 19.7 Å². The van der Waals surface area contributed by atoms with Crippen molar-refractivity contribution in [3.63, 3.8) is 0 Å². The molecule has 2 aliphatic carbocycles. The van der Waals surface area contributed by atoms with E-state index in [1.54, 1.807) is 12.1 Å². The summed E-state index contributed by atoms with van der Waals surface area (Å²) in [6.45, 7) is 1.96. The van der Waals surface area contributed by atoms with Crippen LogP contribution in [0.4, 0.5) is 22.7 Å². The maximum absolute atomic E-state index is 13.0. The van der Waals surface area contributed by atoms with Crippen LogP contribution in [0, 0.1) is 40.7 Å². The van der Waals surface area contributed by atoms with Gasteiger partial charge in [-0.05, 0) is 49.4 Å². The molecule has 0 radical (unpaired) electrons. The van der Waals surface area contributed by atoms with Crippen LogP contribution in [0.15, 0.2) is 54.6 Å². The molecule has 1 N–H and O–H groups in total. The first-order valence-electron chi connectivity index (χ1n) is 9.62. The number of fused-ring (bicyclic) bond motifs is 5. The van der Waals surface area contributed by atoms with Crippen LogP contribution in [0.3, 0.4) is 0 Å². The number of carbonyl (C=O) groups is 2. The van der Waals surface area contributed by atoms with Gasteiger partial charge in [-0.2, -0.15) is 0 Å². The Hall–Kier alpha value is -3.48. The number of hydrogen-bond donors (Lipinski definition) is 1. The molecule has 1 heterocycles. The Kier molecular flexibility index (Phi) is 3.81. The molecule has 0 aromatic heterocycles. The van der Waals surface area contributed by atoms with E-state index in [-0.39, 0.29) is 46.9 Å². The third-order valence-corrected chi connectivity index (χ3v) is 6.24. The molecule has 0 spiro atoms. The Balaban J connectivity index is 1.48. The maximum atomic E-state index is 13.0. The third kappa shape index (κ3) is 2.65. The van der Waals surface area contributed by atoms with Crippen LogP contribution < -0.4 is 10.2 Å². The molecule has 1 aliphatic heterocycles. The molecule has 2 amide bonds. The van der Waals surface area contributed by atoms with Crippen molar-refractivity contribution < 1.29 is 14.5 Å². The van der Waals surface area contributed by atoms with E-state index in [1.807, 2.05) is 43.3 Å². The van der Waals surface area contributed by atoms with Crippen LogP contribution in [-0.2, 0) is 9.59 Å². The molecule has 5 rings (SSSR count). The van der Waals surface area contributed by atoms with E-state index in [2.05, 4.69) is 5.32 Å². The van der Waals surface area contributed by atoms with Crippen LogP contribution in [0.1, 0.15) is 12.0 Å². The second kappa shape index (κ2) is 6.27. The normalized spacial score (nSPS) is 26.9. The number of amides is 2. The molecule has 2 aromatic rings. The van der Waals surface area contributed by atoms with E-state index < -0.39 is 4.92 Å². The summed E-state index contributed by atoms with van der Waals surface area (Å²) in [5.74, 6) is -0.951. The Morgan fingerprint density at radius 3 is 2.21 bits per heavy atom. The first kappa shape index (κ1) is 17.6. The topological polar surface area (TPSA) is 92.6 Å². The Morgan fingerprint density at radius 2 is 1.62 bits per heavy atom. The molecule has 4 atom stereocenters. The van der Waals surface area contributed by atoms with Gasteiger partial charge in [-0.1, -0.05) is 29.8 Å². The zero-order valence-corrected chi connectivity index (χ0v) is 15.7. The fraction of sp³-hybridized carbons (Fsp3) is 0.273. The van der Waals surface area contributed by atoms with Gasteiger partial charge in [-0.25, -0.2) is 4.90 Å². The van der Waals surface area contributed by atoms with Crippen LogP contribution in [-0.4, -0.2) is 16.7 Å². The second-order valence-corrected chi connectivity index (χ2v) is 7.96. The number of rotatable bonds is 4. The van der Waals surface area contributed by atoms with Gasteiger partial charge >= 0.3 is 0 Å². The first-order chi connectivity index (χ1) is 13.9. The smallest absolute Gasteiger partial charge is 0.294 e. The van der Waals surface area contributed by atoms with Crippen LogP contribution in [0.5, 0.6) is 0 Å². The lowest BCUT2D eigenvalue weighted by atomic mass is 9.85. The van der Waals surface area contributed by atoms with Crippen molar-refractivity contribution in [3.05, 3.63) is 70.3 Å². The van der Waals surface area contributed by atoms with Gasteiger partial charge in [-0.3, -0.25) is 19.7 Å². The van der Waals surface area contributed by atoms with E-state index in [4.69, 9.17) is 0 Å². The quantitative estimate of drug-likeness (QED) is 0.370. The largest absolute Gasteiger partial charge is 0.350 e. The van der Waals surface area contributed by atoms with Crippen molar-refractivity contribution in [2.75, 3.05) is 10.2 Å². The molecule has 1 saturated carbocycles. The molecule has 1 saturated heterocycles. The zero-order chi connectivity index (χ0) is 20.3. The highest BCUT2D eigenvalue weighted by Gasteiger charge is 2.59. The maximum Gasteiger partial charge on any atom is 0.294 e. The molecule has 7 heteroatoms. The minimum Gasteiger partial charge on any atom is -0.350 e. The van der Waals surface area contributed by atoms with Crippen LogP contribution >= 0.6 is 0 Å². The predicted octanol–water partition coefficient (Wildman–Crippen LogP) is 3.96. The summed E-state index contributed by atoms with van der Waals surface area (Å²) < 4.78 is 0. The Labute approximate surface area is 167 Å². The number of nitro benzene ring substituents is 1. The highest BCUT2D eigenvalue weighted by atomic mass is 16.6. The van der Waals surface area contributed by atoms with Gasteiger partial charge in [0.1, 0.15) is 5.69 Å². The van der Waals surface area contributed by atoms with Crippen molar-refractivity contribution in [1.82, 2.24) is 0 Å². The minimum atomic E-state index is -0.503. The summed E-state index contributed by atoms with van der Waals surface area (Å²) in [6.07, 6.45) is 4.90. The SMILES string of the molecule is Cc1ccc(Nc2ccc(N3C(=O)[C@@H]4[C@@H](C3=O)[C@H]3C=C[C@H]4C3)cc2[N+](=O)[O-])cc1. The monoisotopic (exact) mass is 389 g/mol. The fourth-order valence-electron chi connectivity index (χ4n) is 4.87. The van der Waals surface area contributed by atoms with Gasteiger partial charge < -0.3 is 5.32 Å². The lowest BCUT2D eigenvalue weighted by molar-refractivity contribution is -0.383. The minimum absolute atomic E-state index is 0.101. The predicted molar refractivity (Wildman–Crippen MR) is 108 cm³/mol. The van der Waals surface area contributed by atoms with Gasteiger partial charge in [0, 0.05) is 11.8 Å². The average Bonchev–Trinajstić information content (AvgIpc) is 3.38. The molecule has 29 heavy (non-hydrogen) atoms. The number of benzene rings is 2. The zero-order valence-electron chi connectivity index (χ0n) is 15.7. The standard InChI is InChI=1S/C22H19N3O4/c1-12-2-6-15(7-3-12)23-17-9-8-16(11-18(17)25(28)29)24-21(26)19-13-4-5-14(10-13)20(19)22(24)27/h2-9,11,13-14,19-20,23H,10H2,1H3/t13-,14-,19-,20-/m0/s1. The van der Waals surface area contributed by atoms with Gasteiger partial charge in [0.2, 0.25) is 11.8 Å². The van der Waals surface area contributed by atoms with E-state index in [1.165, 1.54) is 6.07 Å². The number of nitrogens with zero attached hydrogens (tertiary/aromatic N) is 2. The van der Waals surface area contributed by atoms with E-state index >= 15 is 0 Å². The number of anilines is 3. The van der Waals surface area contributed by atoms with Crippen molar-refractivity contribution in [1.29, 1.82) is 0 Å². The summed E-state index contributed by atoms with van der Waals surface area (Å²) in [5.41, 5.74) is 2.19. The summed E-state index contributed by atoms with van der Waals surface area (Å²) in [7, 11) is 0. The number of nitro groups is 1. The summed E-state index contributed by atoms with van der Waals surface area (Å²) in [4.78, 5) is 38.2. The molecule has 2 bridgehead atoms. The second-order valence-electron chi connectivity index (χ2n) is 7.96. The van der Waals surface area contributed by atoms with Crippen molar-refractivity contribution in [2.45, 2.75) is 13.3 Å². The lowest BCUT2D eigenvalue weighted by Crippen LogP contribution is -2.32. The molecule has 2 fully saturated rings. The number of imide groups is 1. The van der Waals surface area contributed by atoms with Gasteiger partial charge in [0.25, 0.3) is 5.69 Å². The molecule has 146 valence electrons. The molecule has 7 nitrogen and oxygen atoms in total. The highest BCUT2D eigenvalue weighted by molar-refractivity contribution is 6.23.